The van der Waals surface area contributed by atoms with E-state index in [2.05, 4.69) is 29.3 Å². The minimum absolute atomic E-state index is 0.127. The minimum atomic E-state index is 0.127. The van der Waals surface area contributed by atoms with E-state index in [1.807, 2.05) is 30.3 Å². The molecule has 0 saturated carbocycles. The molecule has 0 saturated heterocycles. The lowest BCUT2D eigenvalue weighted by Crippen LogP contribution is -2.31. The van der Waals surface area contributed by atoms with Crippen molar-refractivity contribution in [2.24, 2.45) is 5.92 Å². The van der Waals surface area contributed by atoms with Gasteiger partial charge in [0.15, 0.2) is 0 Å². The molecule has 1 aliphatic rings. The first kappa shape index (κ1) is 12.4. The highest BCUT2D eigenvalue weighted by Gasteiger charge is 2.17. The Morgan fingerprint density at radius 1 is 1.28 bits per heavy atom. The first-order valence-electron chi connectivity index (χ1n) is 6.33. The molecule has 0 bridgehead atoms. The molecule has 1 atom stereocenters. The summed E-state index contributed by atoms with van der Waals surface area (Å²) in [7, 11) is 0. The van der Waals surface area contributed by atoms with Crippen LogP contribution in [0, 0.1) is 17.8 Å². The molecule has 2 nitrogen and oxygen atoms in total. The van der Waals surface area contributed by atoms with E-state index in [4.69, 9.17) is 0 Å². The summed E-state index contributed by atoms with van der Waals surface area (Å²) in [5.41, 5.74) is 0.979. The number of amides is 1. The number of hydrogen-bond donors (Lipinski definition) is 1. The molecule has 1 unspecified atom stereocenters. The van der Waals surface area contributed by atoms with E-state index in [0.29, 0.717) is 6.54 Å². The number of hydrogen-bond acceptors (Lipinski definition) is 1. The van der Waals surface area contributed by atoms with Crippen LogP contribution >= 0.6 is 0 Å². The molecule has 18 heavy (non-hydrogen) atoms. The van der Waals surface area contributed by atoms with Gasteiger partial charge >= 0.3 is 0 Å². The second-order valence-corrected chi connectivity index (χ2v) is 4.37. The van der Waals surface area contributed by atoms with Gasteiger partial charge in [-0.15, -0.1) is 0 Å². The lowest BCUT2D eigenvalue weighted by molar-refractivity contribution is -0.124. The molecule has 0 aromatic heterocycles. The predicted molar refractivity (Wildman–Crippen MR) is 72.8 cm³/mol. The number of carbonyl (C=O) groups is 1. The van der Waals surface area contributed by atoms with Crippen LogP contribution in [0.15, 0.2) is 42.5 Å². The third-order valence-corrected chi connectivity index (χ3v) is 3.00. The molecule has 2 rings (SSSR count). The minimum Gasteiger partial charge on any atom is -0.345 e. The number of benzene rings is 1. The van der Waals surface area contributed by atoms with Crippen LogP contribution in [0.2, 0.25) is 0 Å². The average Bonchev–Trinajstić information content (AvgIpc) is 2.45. The Kier molecular flexibility index (Phi) is 4.60. The topological polar surface area (TPSA) is 29.1 Å². The van der Waals surface area contributed by atoms with Crippen molar-refractivity contribution in [2.45, 2.75) is 19.3 Å². The number of carbonyl (C=O) groups excluding carboxylic acids is 1. The van der Waals surface area contributed by atoms with E-state index in [1.165, 1.54) is 0 Å². The summed E-state index contributed by atoms with van der Waals surface area (Å²) in [5.74, 6) is 6.26. The van der Waals surface area contributed by atoms with E-state index in [1.54, 1.807) is 0 Å². The Labute approximate surface area is 108 Å². The molecule has 0 spiro atoms. The van der Waals surface area contributed by atoms with Crippen LogP contribution < -0.4 is 5.32 Å². The zero-order chi connectivity index (χ0) is 12.6. The monoisotopic (exact) mass is 239 g/mol. The fourth-order valence-electron chi connectivity index (χ4n) is 1.98. The van der Waals surface area contributed by atoms with Crippen LogP contribution in [0.4, 0.5) is 0 Å². The molecule has 0 aliphatic heterocycles. The molecule has 1 aromatic rings. The predicted octanol–water partition coefficient (Wildman–Crippen LogP) is 2.51. The summed E-state index contributed by atoms with van der Waals surface area (Å²) in [6, 6.07) is 9.79. The quantitative estimate of drug-likeness (QED) is 0.623. The Bertz CT molecular complexity index is 479. The Morgan fingerprint density at radius 3 is 2.83 bits per heavy atom. The average molecular weight is 239 g/mol. The van der Waals surface area contributed by atoms with Crippen molar-refractivity contribution < 1.29 is 4.79 Å². The van der Waals surface area contributed by atoms with Crippen molar-refractivity contribution in [3.8, 4) is 11.8 Å². The lowest BCUT2D eigenvalue weighted by atomic mass is 9.94. The number of rotatable bonds is 2. The Hall–Kier alpha value is -2.01. The van der Waals surface area contributed by atoms with Crippen molar-refractivity contribution in [1.82, 2.24) is 5.32 Å². The number of nitrogens with one attached hydrogen (secondary N) is 1. The highest BCUT2D eigenvalue weighted by molar-refractivity contribution is 5.79. The zero-order valence-electron chi connectivity index (χ0n) is 10.4. The van der Waals surface area contributed by atoms with Gasteiger partial charge in [-0.25, -0.2) is 0 Å². The van der Waals surface area contributed by atoms with Gasteiger partial charge in [0, 0.05) is 11.5 Å². The molecular formula is C16H17NO. The van der Waals surface area contributed by atoms with Gasteiger partial charge in [0.25, 0.3) is 0 Å². The summed E-state index contributed by atoms with van der Waals surface area (Å²) >= 11 is 0. The highest BCUT2D eigenvalue weighted by atomic mass is 16.1. The molecule has 0 fully saturated rings. The summed E-state index contributed by atoms with van der Waals surface area (Å²) in [5, 5.41) is 2.88. The van der Waals surface area contributed by atoms with Crippen LogP contribution in [0.5, 0.6) is 0 Å². The summed E-state index contributed by atoms with van der Waals surface area (Å²) < 4.78 is 0. The van der Waals surface area contributed by atoms with Gasteiger partial charge in [-0.05, 0) is 31.4 Å². The van der Waals surface area contributed by atoms with Gasteiger partial charge in [-0.3, -0.25) is 4.79 Å². The molecule has 1 amide bonds. The van der Waals surface area contributed by atoms with Crippen LogP contribution in [-0.4, -0.2) is 12.5 Å². The Morgan fingerprint density at radius 2 is 2.11 bits per heavy atom. The third-order valence-electron chi connectivity index (χ3n) is 3.00. The van der Waals surface area contributed by atoms with Gasteiger partial charge in [0.1, 0.15) is 0 Å². The van der Waals surface area contributed by atoms with Crippen molar-refractivity contribution >= 4 is 5.91 Å². The maximum atomic E-state index is 11.8. The van der Waals surface area contributed by atoms with Gasteiger partial charge < -0.3 is 5.32 Å². The number of allylic oxidation sites excluding steroid dienone is 2. The molecule has 1 aliphatic carbocycles. The van der Waals surface area contributed by atoms with Gasteiger partial charge in [-0.2, -0.15) is 0 Å². The Balaban J connectivity index is 1.77. The molecule has 1 N–H and O–H groups in total. The smallest absolute Gasteiger partial charge is 0.224 e. The van der Waals surface area contributed by atoms with E-state index in [-0.39, 0.29) is 11.8 Å². The van der Waals surface area contributed by atoms with E-state index in [0.717, 1.165) is 24.8 Å². The second kappa shape index (κ2) is 6.66. The van der Waals surface area contributed by atoms with Gasteiger partial charge in [0.2, 0.25) is 5.91 Å². The zero-order valence-corrected chi connectivity index (χ0v) is 10.4. The molecular weight excluding hydrogens is 222 g/mol. The van der Waals surface area contributed by atoms with Crippen molar-refractivity contribution in [1.29, 1.82) is 0 Å². The van der Waals surface area contributed by atoms with Crippen molar-refractivity contribution in [3.05, 3.63) is 48.0 Å². The first-order valence-corrected chi connectivity index (χ1v) is 6.33. The van der Waals surface area contributed by atoms with E-state index >= 15 is 0 Å². The van der Waals surface area contributed by atoms with Crippen LogP contribution in [0.3, 0.4) is 0 Å². The molecule has 1 aromatic carbocycles. The summed E-state index contributed by atoms with van der Waals surface area (Å²) in [4.78, 5) is 11.8. The van der Waals surface area contributed by atoms with Gasteiger partial charge in [0.05, 0.1) is 6.54 Å². The summed E-state index contributed by atoms with van der Waals surface area (Å²) in [6.07, 6.45) is 7.04. The van der Waals surface area contributed by atoms with Crippen molar-refractivity contribution in [2.75, 3.05) is 6.54 Å². The highest BCUT2D eigenvalue weighted by Crippen LogP contribution is 2.17. The second-order valence-electron chi connectivity index (χ2n) is 4.37. The van der Waals surface area contributed by atoms with Crippen LogP contribution in [0.25, 0.3) is 0 Å². The molecule has 92 valence electrons. The van der Waals surface area contributed by atoms with Crippen LogP contribution in [0.1, 0.15) is 24.8 Å². The maximum absolute atomic E-state index is 11.8. The molecule has 0 heterocycles. The largest absolute Gasteiger partial charge is 0.345 e. The van der Waals surface area contributed by atoms with Crippen LogP contribution in [-0.2, 0) is 4.79 Å². The maximum Gasteiger partial charge on any atom is 0.224 e. The van der Waals surface area contributed by atoms with E-state index in [9.17, 15) is 4.79 Å². The van der Waals surface area contributed by atoms with E-state index < -0.39 is 0 Å². The molecule has 0 radical (unpaired) electrons. The fraction of sp³-hybridized carbons (Fsp3) is 0.312. The standard InChI is InChI=1S/C16H17NO/c18-16(15-11-5-2-6-12-15)17-13-7-10-14-8-3-1-4-9-14/h1-5,8-9,15H,6,11-13H2,(H,17,18). The summed E-state index contributed by atoms with van der Waals surface area (Å²) in [6.45, 7) is 0.425. The lowest BCUT2D eigenvalue weighted by Gasteiger charge is -2.15. The van der Waals surface area contributed by atoms with Gasteiger partial charge in [-0.1, -0.05) is 42.2 Å². The van der Waals surface area contributed by atoms with Crippen molar-refractivity contribution in [3.63, 3.8) is 0 Å². The first-order chi connectivity index (χ1) is 8.86. The third kappa shape index (κ3) is 3.78. The SMILES string of the molecule is O=C(NCC#Cc1ccccc1)C1CC=CCC1. The fourth-order valence-corrected chi connectivity index (χ4v) is 1.98. The molecule has 2 heteroatoms. The normalized spacial score (nSPS) is 17.7.